The van der Waals surface area contributed by atoms with E-state index in [4.69, 9.17) is 16.9 Å². The molecule has 2 aromatic carbocycles. The van der Waals surface area contributed by atoms with Gasteiger partial charge in [0.1, 0.15) is 16.8 Å². The van der Waals surface area contributed by atoms with Crippen LogP contribution in [0.15, 0.2) is 54.6 Å². The number of hydrogen-bond acceptors (Lipinski definition) is 3. The number of alkyl halides is 3. The minimum Gasteiger partial charge on any atom is -0.406 e. The number of halogens is 4. The average molecular weight is 364 g/mol. The number of aromatic nitrogens is 2. The normalized spacial score (nSPS) is 11.2. The molecule has 25 heavy (non-hydrogen) atoms. The van der Waals surface area contributed by atoms with Crippen molar-refractivity contribution in [1.29, 1.82) is 5.26 Å². The van der Waals surface area contributed by atoms with Gasteiger partial charge in [-0.25, -0.2) is 4.68 Å². The van der Waals surface area contributed by atoms with Crippen LogP contribution in [-0.2, 0) is 0 Å². The Bertz CT molecular complexity index is 929. The molecule has 0 aliphatic heterocycles. The molecule has 3 rings (SSSR count). The molecular formula is C17H9ClF3N3O. The van der Waals surface area contributed by atoms with E-state index >= 15 is 0 Å². The van der Waals surface area contributed by atoms with Crippen molar-refractivity contribution in [3.63, 3.8) is 0 Å². The molecule has 0 N–H and O–H groups in total. The molecule has 0 saturated carbocycles. The highest BCUT2D eigenvalue weighted by Crippen LogP contribution is 2.33. The Morgan fingerprint density at radius 2 is 1.68 bits per heavy atom. The van der Waals surface area contributed by atoms with Gasteiger partial charge in [0.15, 0.2) is 5.69 Å². The fraction of sp³-hybridized carbons (Fsp3) is 0.0588. The van der Waals surface area contributed by atoms with E-state index in [9.17, 15) is 13.2 Å². The third kappa shape index (κ3) is 3.59. The lowest BCUT2D eigenvalue weighted by molar-refractivity contribution is -0.274. The van der Waals surface area contributed by atoms with Crippen molar-refractivity contribution in [1.82, 2.24) is 9.78 Å². The standard InChI is InChI=1S/C17H9ClF3N3O/c18-15-14(10-22)23-24(16(15)11-4-2-1-3-5-11)12-6-8-13(9-7-12)25-17(19,20)21/h1-9H. The van der Waals surface area contributed by atoms with Crippen LogP contribution in [0.3, 0.4) is 0 Å². The van der Waals surface area contributed by atoms with Gasteiger partial charge in [0.25, 0.3) is 0 Å². The van der Waals surface area contributed by atoms with Crippen LogP contribution in [0.2, 0.25) is 5.02 Å². The summed E-state index contributed by atoms with van der Waals surface area (Å²) in [6.07, 6.45) is -4.76. The van der Waals surface area contributed by atoms with Crippen LogP contribution in [0.25, 0.3) is 16.9 Å². The molecule has 0 spiro atoms. The number of hydrogen-bond donors (Lipinski definition) is 0. The number of rotatable bonds is 3. The summed E-state index contributed by atoms with van der Waals surface area (Å²) in [5, 5.41) is 13.5. The van der Waals surface area contributed by atoms with Gasteiger partial charge < -0.3 is 4.74 Å². The van der Waals surface area contributed by atoms with E-state index in [2.05, 4.69) is 9.84 Å². The average Bonchev–Trinajstić information content (AvgIpc) is 2.91. The Labute approximate surface area is 145 Å². The maximum Gasteiger partial charge on any atom is 0.573 e. The molecule has 4 nitrogen and oxygen atoms in total. The summed E-state index contributed by atoms with van der Waals surface area (Å²) in [5.74, 6) is -0.351. The number of benzene rings is 2. The molecule has 0 bridgehead atoms. The summed E-state index contributed by atoms with van der Waals surface area (Å²) in [7, 11) is 0. The van der Waals surface area contributed by atoms with Crippen LogP contribution >= 0.6 is 11.6 Å². The van der Waals surface area contributed by atoms with Gasteiger partial charge in [-0.2, -0.15) is 10.4 Å². The van der Waals surface area contributed by atoms with Crippen molar-refractivity contribution < 1.29 is 17.9 Å². The molecule has 0 saturated heterocycles. The molecule has 1 aromatic heterocycles. The maximum absolute atomic E-state index is 12.3. The fourth-order valence-electron chi connectivity index (χ4n) is 2.29. The summed E-state index contributed by atoms with van der Waals surface area (Å²) >= 11 is 6.25. The first-order valence-electron chi connectivity index (χ1n) is 6.99. The summed E-state index contributed by atoms with van der Waals surface area (Å²) in [4.78, 5) is 0. The molecule has 0 unspecified atom stereocenters. The van der Waals surface area contributed by atoms with E-state index < -0.39 is 6.36 Å². The summed E-state index contributed by atoms with van der Waals surface area (Å²) < 4.78 is 42.0. The molecule has 0 radical (unpaired) electrons. The monoisotopic (exact) mass is 363 g/mol. The second-order valence-corrected chi connectivity index (χ2v) is 5.32. The van der Waals surface area contributed by atoms with Crippen LogP contribution in [0.4, 0.5) is 13.2 Å². The van der Waals surface area contributed by atoms with E-state index in [1.807, 2.05) is 12.1 Å². The molecule has 126 valence electrons. The molecule has 0 atom stereocenters. The predicted octanol–water partition coefficient (Wildman–Crippen LogP) is 4.96. The molecule has 8 heteroatoms. The molecule has 1 heterocycles. The SMILES string of the molecule is N#Cc1nn(-c2ccc(OC(F)(F)F)cc2)c(-c2ccccc2)c1Cl. The molecular weight excluding hydrogens is 355 g/mol. The van der Waals surface area contributed by atoms with Crippen LogP contribution in [0, 0.1) is 11.3 Å². The van der Waals surface area contributed by atoms with E-state index in [1.54, 1.807) is 24.3 Å². The second kappa shape index (κ2) is 6.49. The zero-order valence-electron chi connectivity index (χ0n) is 12.5. The molecule has 0 fully saturated rings. The highest BCUT2D eigenvalue weighted by atomic mass is 35.5. The Kier molecular flexibility index (Phi) is 4.38. The lowest BCUT2D eigenvalue weighted by Gasteiger charge is -2.11. The van der Waals surface area contributed by atoms with E-state index in [-0.39, 0.29) is 16.5 Å². The first-order chi connectivity index (χ1) is 11.9. The lowest BCUT2D eigenvalue weighted by Crippen LogP contribution is -2.17. The molecule has 3 aromatic rings. The first kappa shape index (κ1) is 16.9. The van der Waals surface area contributed by atoms with Crippen LogP contribution in [-0.4, -0.2) is 16.1 Å². The van der Waals surface area contributed by atoms with Crippen LogP contribution in [0.5, 0.6) is 5.75 Å². The number of ether oxygens (including phenoxy) is 1. The zero-order valence-corrected chi connectivity index (χ0v) is 13.2. The van der Waals surface area contributed by atoms with E-state index in [0.29, 0.717) is 11.4 Å². The van der Waals surface area contributed by atoms with E-state index in [1.165, 1.54) is 28.9 Å². The smallest absolute Gasteiger partial charge is 0.406 e. The molecule has 0 aliphatic rings. The fourth-order valence-corrected chi connectivity index (χ4v) is 2.56. The third-order valence-corrected chi connectivity index (χ3v) is 3.65. The number of nitriles is 1. The van der Waals surface area contributed by atoms with Crippen molar-refractivity contribution in [3.8, 4) is 28.8 Å². The summed E-state index contributed by atoms with van der Waals surface area (Å²) in [6.45, 7) is 0. The predicted molar refractivity (Wildman–Crippen MR) is 85.4 cm³/mol. The Morgan fingerprint density at radius 1 is 1.04 bits per heavy atom. The Hall–Kier alpha value is -2.98. The van der Waals surface area contributed by atoms with Crippen molar-refractivity contribution in [2.24, 2.45) is 0 Å². The second-order valence-electron chi connectivity index (χ2n) is 4.94. The molecule has 0 amide bonds. The van der Waals surface area contributed by atoms with Crippen LogP contribution in [0.1, 0.15) is 5.69 Å². The summed E-state index contributed by atoms with van der Waals surface area (Å²) in [5.41, 5.74) is 1.66. The van der Waals surface area contributed by atoms with Gasteiger partial charge in [0.2, 0.25) is 0 Å². The van der Waals surface area contributed by atoms with Crippen molar-refractivity contribution >= 4 is 11.6 Å². The van der Waals surface area contributed by atoms with Gasteiger partial charge in [-0.05, 0) is 24.3 Å². The quantitative estimate of drug-likeness (QED) is 0.660. The minimum absolute atomic E-state index is 0.0242. The zero-order chi connectivity index (χ0) is 18.0. The van der Waals surface area contributed by atoms with Crippen molar-refractivity contribution in [2.45, 2.75) is 6.36 Å². The van der Waals surface area contributed by atoms with E-state index in [0.717, 1.165) is 5.56 Å². The summed E-state index contributed by atoms with van der Waals surface area (Å²) in [6, 6.07) is 16.0. The van der Waals surface area contributed by atoms with Gasteiger partial charge in [-0.3, -0.25) is 0 Å². The number of nitrogens with zero attached hydrogens (tertiary/aromatic N) is 3. The highest BCUT2D eigenvalue weighted by Gasteiger charge is 2.31. The highest BCUT2D eigenvalue weighted by molar-refractivity contribution is 6.34. The Balaban J connectivity index is 2.07. The van der Waals surface area contributed by atoms with Gasteiger partial charge in [-0.15, -0.1) is 13.2 Å². The van der Waals surface area contributed by atoms with Gasteiger partial charge in [0.05, 0.1) is 11.4 Å². The van der Waals surface area contributed by atoms with Gasteiger partial charge in [0, 0.05) is 5.56 Å². The van der Waals surface area contributed by atoms with Crippen molar-refractivity contribution in [3.05, 3.63) is 65.3 Å². The maximum atomic E-state index is 12.3. The minimum atomic E-state index is -4.76. The largest absolute Gasteiger partial charge is 0.573 e. The third-order valence-electron chi connectivity index (χ3n) is 3.30. The van der Waals surface area contributed by atoms with Crippen molar-refractivity contribution in [2.75, 3.05) is 0 Å². The Morgan fingerprint density at radius 3 is 2.24 bits per heavy atom. The van der Waals surface area contributed by atoms with Gasteiger partial charge >= 0.3 is 6.36 Å². The van der Waals surface area contributed by atoms with Crippen LogP contribution < -0.4 is 4.74 Å². The van der Waals surface area contributed by atoms with Gasteiger partial charge in [-0.1, -0.05) is 41.9 Å². The lowest BCUT2D eigenvalue weighted by atomic mass is 10.1. The first-order valence-corrected chi connectivity index (χ1v) is 7.37. The topological polar surface area (TPSA) is 50.8 Å². The molecule has 0 aliphatic carbocycles.